The Hall–Kier alpha value is -3.79. The van der Waals surface area contributed by atoms with E-state index >= 15 is 0 Å². The van der Waals surface area contributed by atoms with Crippen LogP contribution in [0.5, 0.6) is 0 Å². The van der Waals surface area contributed by atoms with Crippen molar-refractivity contribution in [3.63, 3.8) is 0 Å². The maximum atomic E-state index is 12.9. The molecule has 0 aliphatic rings. The Balaban J connectivity index is 1.60. The van der Waals surface area contributed by atoms with Gasteiger partial charge in [-0.25, -0.2) is 9.78 Å². The molecular weight excluding hydrogens is 386 g/mol. The predicted octanol–water partition coefficient (Wildman–Crippen LogP) is 5.81. The number of Topliss-reactive ketones (excluding diaryl/α,β-unsaturated/α-hetero) is 1. The van der Waals surface area contributed by atoms with Gasteiger partial charge in [0.05, 0.1) is 16.8 Å². The molecule has 154 valence electrons. The molecule has 0 saturated carbocycles. The Bertz CT molecular complexity index is 1240. The minimum atomic E-state index is -0.537. The number of esters is 1. The molecule has 4 rings (SSSR count). The molecule has 4 heteroatoms. The van der Waals surface area contributed by atoms with Gasteiger partial charge in [-0.3, -0.25) is 4.79 Å². The lowest BCUT2D eigenvalue weighted by Gasteiger charge is -2.10. The van der Waals surface area contributed by atoms with Gasteiger partial charge in [-0.15, -0.1) is 0 Å². The highest BCUT2D eigenvalue weighted by atomic mass is 16.5. The molecule has 0 aliphatic heterocycles. The van der Waals surface area contributed by atoms with E-state index in [0.717, 1.165) is 23.1 Å². The molecule has 0 fully saturated rings. The third-order valence-corrected chi connectivity index (χ3v) is 5.30. The molecule has 0 aliphatic carbocycles. The van der Waals surface area contributed by atoms with E-state index in [9.17, 15) is 9.59 Å². The van der Waals surface area contributed by atoms with Gasteiger partial charge in [-0.1, -0.05) is 79.2 Å². The van der Waals surface area contributed by atoms with Crippen molar-refractivity contribution in [3.05, 3.63) is 101 Å². The van der Waals surface area contributed by atoms with Crippen molar-refractivity contribution < 1.29 is 14.3 Å². The number of fused-ring (bicyclic) bond motifs is 1. The third kappa shape index (κ3) is 4.53. The van der Waals surface area contributed by atoms with Crippen LogP contribution in [0.15, 0.2) is 78.9 Å². The number of para-hydroxylation sites is 1. The molecule has 0 atom stereocenters. The number of hydrogen-bond acceptors (Lipinski definition) is 4. The molecule has 31 heavy (non-hydrogen) atoms. The number of hydrogen-bond donors (Lipinski definition) is 0. The summed E-state index contributed by atoms with van der Waals surface area (Å²) >= 11 is 0. The molecule has 4 aromatic rings. The summed E-state index contributed by atoms with van der Waals surface area (Å²) in [7, 11) is 0. The van der Waals surface area contributed by atoms with E-state index < -0.39 is 5.97 Å². The molecule has 0 N–H and O–H groups in total. The molecular formula is C27H23NO3. The average molecular weight is 409 g/mol. The zero-order chi connectivity index (χ0) is 21.8. The molecule has 1 heterocycles. The highest BCUT2D eigenvalue weighted by Gasteiger charge is 2.17. The topological polar surface area (TPSA) is 56.3 Å². The average Bonchev–Trinajstić information content (AvgIpc) is 2.82. The second-order valence-corrected chi connectivity index (χ2v) is 7.49. The van der Waals surface area contributed by atoms with Gasteiger partial charge in [0.1, 0.15) is 0 Å². The Labute approximate surface area is 181 Å². The predicted molar refractivity (Wildman–Crippen MR) is 122 cm³/mol. The molecule has 3 aromatic carbocycles. The lowest BCUT2D eigenvalue weighted by Crippen LogP contribution is -2.15. The number of aromatic nitrogens is 1. The summed E-state index contributed by atoms with van der Waals surface area (Å²) in [5.74, 6) is -0.765. The molecule has 0 bridgehead atoms. The Morgan fingerprint density at radius 2 is 1.61 bits per heavy atom. The molecule has 0 saturated heterocycles. The van der Waals surface area contributed by atoms with Gasteiger partial charge < -0.3 is 4.74 Å². The molecule has 0 amide bonds. The minimum Gasteiger partial charge on any atom is -0.454 e. The number of nitrogens with zero attached hydrogens (tertiary/aromatic N) is 1. The smallest absolute Gasteiger partial charge is 0.339 e. The van der Waals surface area contributed by atoms with Gasteiger partial charge in [0.2, 0.25) is 0 Å². The standard InChI is InChI=1S/C27H23NO3/c1-3-19-10-14-21(15-11-19)26(29)17-31-27(30)23-16-25(20-12-8-18(2)9-13-20)28-24-7-5-4-6-22(23)24/h4-16H,3,17H2,1-2H3. The number of ether oxygens (including phenoxy) is 1. The molecule has 0 radical (unpaired) electrons. The fourth-order valence-corrected chi connectivity index (χ4v) is 3.44. The van der Waals surface area contributed by atoms with Gasteiger partial charge in [0, 0.05) is 16.5 Å². The fraction of sp³-hybridized carbons (Fsp3) is 0.148. The summed E-state index contributed by atoms with van der Waals surface area (Å²) in [6.45, 7) is 3.77. The maximum absolute atomic E-state index is 12.9. The van der Waals surface area contributed by atoms with Crippen molar-refractivity contribution in [2.75, 3.05) is 6.61 Å². The zero-order valence-electron chi connectivity index (χ0n) is 17.6. The maximum Gasteiger partial charge on any atom is 0.339 e. The number of carbonyl (C=O) groups excluding carboxylic acids is 2. The van der Waals surface area contributed by atoms with E-state index in [2.05, 4.69) is 6.92 Å². The van der Waals surface area contributed by atoms with Crippen molar-refractivity contribution >= 4 is 22.7 Å². The minimum absolute atomic E-state index is 0.229. The molecule has 1 aromatic heterocycles. The van der Waals surface area contributed by atoms with E-state index in [0.29, 0.717) is 27.7 Å². The SMILES string of the molecule is CCc1ccc(C(=O)COC(=O)c2cc(-c3ccc(C)cc3)nc3ccccc23)cc1. The first-order valence-electron chi connectivity index (χ1n) is 10.3. The zero-order valence-corrected chi connectivity index (χ0v) is 17.6. The second kappa shape index (κ2) is 8.92. The van der Waals surface area contributed by atoms with Gasteiger partial charge in [0.25, 0.3) is 0 Å². The summed E-state index contributed by atoms with van der Waals surface area (Å²) in [4.78, 5) is 30.1. The third-order valence-electron chi connectivity index (χ3n) is 5.30. The van der Waals surface area contributed by atoms with Crippen molar-refractivity contribution in [1.82, 2.24) is 4.98 Å². The normalized spacial score (nSPS) is 10.8. The largest absolute Gasteiger partial charge is 0.454 e. The first-order valence-corrected chi connectivity index (χ1v) is 10.3. The van der Waals surface area contributed by atoms with Gasteiger partial charge in [-0.05, 0) is 31.0 Å². The number of benzene rings is 3. The van der Waals surface area contributed by atoms with Crippen LogP contribution in [0.25, 0.3) is 22.2 Å². The van der Waals surface area contributed by atoms with Crippen molar-refractivity contribution in [2.45, 2.75) is 20.3 Å². The number of ketones is 1. The van der Waals surface area contributed by atoms with E-state index in [1.165, 1.54) is 0 Å². The summed E-state index contributed by atoms with van der Waals surface area (Å²) in [6.07, 6.45) is 0.905. The lowest BCUT2D eigenvalue weighted by molar-refractivity contribution is 0.0476. The Kier molecular flexibility index (Phi) is 5.89. The van der Waals surface area contributed by atoms with Crippen LogP contribution in [0.3, 0.4) is 0 Å². The summed E-state index contributed by atoms with van der Waals surface area (Å²) in [6, 6.07) is 24.5. The monoisotopic (exact) mass is 409 g/mol. The van der Waals surface area contributed by atoms with Gasteiger partial charge in [-0.2, -0.15) is 0 Å². The van der Waals surface area contributed by atoms with Crippen LogP contribution in [0.1, 0.15) is 38.8 Å². The molecule has 0 spiro atoms. The van der Waals surface area contributed by atoms with Crippen molar-refractivity contribution in [2.24, 2.45) is 0 Å². The molecule has 4 nitrogen and oxygen atoms in total. The van der Waals surface area contributed by atoms with Crippen LogP contribution in [-0.2, 0) is 11.2 Å². The quantitative estimate of drug-likeness (QED) is 0.298. The second-order valence-electron chi connectivity index (χ2n) is 7.49. The lowest BCUT2D eigenvalue weighted by atomic mass is 10.0. The highest BCUT2D eigenvalue weighted by Crippen LogP contribution is 2.26. The van der Waals surface area contributed by atoms with E-state index in [-0.39, 0.29) is 12.4 Å². The number of rotatable bonds is 6. The fourth-order valence-electron chi connectivity index (χ4n) is 3.44. The highest BCUT2D eigenvalue weighted by molar-refractivity contribution is 6.06. The van der Waals surface area contributed by atoms with Crippen LogP contribution in [0.4, 0.5) is 0 Å². The van der Waals surface area contributed by atoms with Crippen LogP contribution in [0, 0.1) is 6.92 Å². The Morgan fingerprint density at radius 1 is 0.903 bits per heavy atom. The van der Waals surface area contributed by atoms with Crippen LogP contribution in [-0.4, -0.2) is 23.3 Å². The van der Waals surface area contributed by atoms with E-state index in [4.69, 9.17) is 9.72 Å². The number of pyridine rings is 1. The Morgan fingerprint density at radius 3 is 2.32 bits per heavy atom. The first kappa shape index (κ1) is 20.5. The van der Waals surface area contributed by atoms with Crippen LogP contribution >= 0.6 is 0 Å². The first-order chi connectivity index (χ1) is 15.0. The number of aryl methyl sites for hydroxylation is 2. The van der Waals surface area contributed by atoms with Crippen molar-refractivity contribution in [1.29, 1.82) is 0 Å². The van der Waals surface area contributed by atoms with Crippen LogP contribution < -0.4 is 0 Å². The van der Waals surface area contributed by atoms with E-state index in [1.807, 2.05) is 67.6 Å². The van der Waals surface area contributed by atoms with Crippen LogP contribution in [0.2, 0.25) is 0 Å². The summed E-state index contributed by atoms with van der Waals surface area (Å²) < 4.78 is 5.40. The summed E-state index contributed by atoms with van der Waals surface area (Å²) in [5.41, 5.74) is 5.54. The van der Waals surface area contributed by atoms with Crippen molar-refractivity contribution in [3.8, 4) is 11.3 Å². The summed E-state index contributed by atoms with van der Waals surface area (Å²) in [5, 5.41) is 0.697. The molecule has 0 unspecified atom stereocenters. The number of carbonyl (C=O) groups is 2. The van der Waals surface area contributed by atoms with Gasteiger partial charge in [0.15, 0.2) is 12.4 Å². The van der Waals surface area contributed by atoms with E-state index in [1.54, 1.807) is 18.2 Å². The van der Waals surface area contributed by atoms with Gasteiger partial charge >= 0.3 is 5.97 Å².